The van der Waals surface area contributed by atoms with Crippen LogP contribution in [0.25, 0.3) is 0 Å². The molecule has 0 aliphatic heterocycles. The molecule has 1 aliphatic rings. The molecule has 0 fully saturated rings. The Balaban J connectivity index is 3.05. The molecule has 0 atom stereocenters. The fourth-order valence-electron chi connectivity index (χ4n) is 2.59. The molecular formula is C14H22. The first-order chi connectivity index (χ1) is 6.66. The van der Waals surface area contributed by atoms with Gasteiger partial charge in [0, 0.05) is 5.41 Å². The van der Waals surface area contributed by atoms with E-state index in [4.69, 9.17) is 0 Å². The van der Waals surface area contributed by atoms with Gasteiger partial charge < -0.3 is 0 Å². The van der Waals surface area contributed by atoms with Gasteiger partial charge in [-0.1, -0.05) is 55.7 Å². The molecule has 0 spiro atoms. The van der Waals surface area contributed by atoms with Crippen molar-refractivity contribution in [1.29, 1.82) is 0 Å². The van der Waals surface area contributed by atoms with Gasteiger partial charge >= 0.3 is 0 Å². The summed E-state index contributed by atoms with van der Waals surface area (Å²) in [6.45, 7) is 8.99. The van der Waals surface area contributed by atoms with Crippen molar-refractivity contribution in [3.63, 3.8) is 0 Å². The molecule has 78 valence electrons. The monoisotopic (exact) mass is 190 g/mol. The maximum Gasteiger partial charge on any atom is 0.0279 e. The van der Waals surface area contributed by atoms with E-state index in [1.54, 1.807) is 5.57 Å². The molecule has 0 aromatic heterocycles. The van der Waals surface area contributed by atoms with E-state index in [1.807, 2.05) is 0 Å². The maximum absolute atomic E-state index is 2.36. The van der Waals surface area contributed by atoms with Crippen LogP contribution in [0.5, 0.6) is 0 Å². The lowest BCUT2D eigenvalue weighted by molar-refractivity contribution is 0.508. The second-order valence-electron chi connectivity index (χ2n) is 4.34. The standard InChI is InChI=1S/C14H22/c1-5-9-14(10-7-8-11-14)13(6-2)12(3)4/h7-8,10-11H,5-6,9H2,1-4H3. The van der Waals surface area contributed by atoms with Crippen molar-refractivity contribution in [1.82, 2.24) is 0 Å². The van der Waals surface area contributed by atoms with Crippen LogP contribution in [0.4, 0.5) is 0 Å². The minimum absolute atomic E-state index is 0.252. The van der Waals surface area contributed by atoms with E-state index in [0.717, 1.165) is 6.42 Å². The van der Waals surface area contributed by atoms with Gasteiger partial charge in [-0.15, -0.1) is 0 Å². The minimum Gasteiger partial charge on any atom is -0.0761 e. The van der Waals surface area contributed by atoms with Crippen molar-refractivity contribution in [3.8, 4) is 0 Å². The summed E-state index contributed by atoms with van der Waals surface area (Å²) in [5.41, 5.74) is 3.34. The molecule has 0 radical (unpaired) electrons. The van der Waals surface area contributed by atoms with Crippen molar-refractivity contribution in [2.24, 2.45) is 5.41 Å². The Bertz CT molecular complexity index is 260. The zero-order chi connectivity index (χ0) is 10.6. The third-order valence-corrected chi connectivity index (χ3v) is 3.08. The van der Waals surface area contributed by atoms with Crippen molar-refractivity contribution in [2.75, 3.05) is 0 Å². The predicted molar refractivity (Wildman–Crippen MR) is 64.3 cm³/mol. The van der Waals surface area contributed by atoms with E-state index in [2.05, 4.69) is 52.0 Å². The van der Waals surface area contributed by atoms with Crippen LogP contribution in [0.1, 0.15) is 47.0 Å². The van der Waals surface area contributed by atoms with Crippen LogP contribution in [0, 0.1) is 5.41 Å². The Morgan fingerprint density at radius 1 is 1.07 bits per heavy atom. The summed E-state index contributed by atoms with van der Waals surface area (Å²) in [6.07, 6.45) is 12.8. The second kappa shape index (κ2) is 4.63. The highest BCUT2D eigenvalue weighted by atomic mass is 14.3. The second-order valence-corrected chi connectivity index (χ2v) is 4.34. The van der Waals surface area contributed by atoms with Gasteiger partial charge in [0.1, 0.15) is 0 Å². The molecule has 0 nitrogen and oxygen atoms in total. The van der Waals surface area contributed by atoms with Gasteiger partial charge in [0.15, 0.2) is 0 Å². The first kappa shape index (κ1) is 11.3. The van der Waals surface area contributed by atoms with Crippen molar-refractivity contribution >= 4 is 0 Å². The summed E-state index contributed by atoms with van der Waals surface area (Å²) in [5, 5.41) is 0. The van der Waals surface area contributed by atoms with Crippen LogP contribution in [-0.2, 0) is 0 Å². The van der Waals surface area contributed by atoms with E-state index in [0.29, 0.717) is 0 Å². The highest BCUT2D eigenvalue weighted by Crippen LogP contribution is 2.42. The summed E-state index contributed by atoms with van der Waals surface area (Å²) in [5.74, 6) is 0. The molecule has 1 rings (SSSR count). The third kappa shape index (κ3) is 2.00. The third-order valence-electron chi connectivity index (χ3n) is 3.08. The van der Waals surface area contributed by atoms with Crippen LogP contribution in [-0.4, -0.2) is 0 Å². The molecule has 0 heterocycles. The van der Waals surface area contributed by atoms with Gasteiger partial charge in [-0.2, -0.15) is 0 Å². The molecule has 0 N–H and O–H groups in total. The van der Waals surface area contributed by atoms with Crippen LogP contribution >= 0.6 is 0 Å². The van der Waals surface area contributed by atoms with Gasteiger partial charge in [-0.05, 0) is 26.7 Å². The zero-order valence-electron chi connectivity index (χ0n) is 9.93. The normalized spacial score (nSPS) is 17.4. The van der Waals surface area contributed by atoms with Gasteiger partial charge in [0.2, 0.25) is 0 Å². The molecule has 0 saturated heterocycles. The molecule has 1 aliphatic carbocycles. The summed E-state index contributed by atoms with van der Waals surface area (Å²) >= 11 is 0. The van der Waals surface area contributed by atoms with E-state index in [9.17, 15) is 0 Å². The Morgan fingerprint density at radius 2 is 1.64 bits per heavy atom. The van der Waals surface area contributed by atoms with Gasteiger partial charge in [-0.25, -0.2) is 0 Å². The summed E-state index contributed by atoms with van der Waals surface area (Å²) in [7, 11) is 0. The lowest BCUT2D eigenvalue weighted by atomic mass is 9.75. The van der Waals surface area contributed by atoms with Crippen LogP contribution in [0.2, 0.25) is 0 Å². The Hall–Kier alpha value is -0.780. The maximum atomic E-state index is 2.36. The average molecular weight is 190 g/mol. The summed E-state index contributed by atoms with van der Waals surface area (Å²) in [6, 6.07) is 0. The van der Waals surface area contributed by atoms with E-state index < -0.39 is 0 Å². The molecule has 0 aromatic carbocycles. The smallest absolute Gasteiger partial charge is 0.0279 e. The van der Waals surface area contributed by atoms with Crippen molar-refractivity contribution in [2.45, 2.75) is 47.0 Å². The molecule has 0 saturated carbocycles. The van der Waals surface area contributed by atoms with Gasteiger partial charge in [0.25, 0.3) is 0 Å². The summed E-state index contributed by atoms with van der Waals surface area (Å²) < 4.78 is 0. The average Bonchev–Trinajstić information content (AvgIpc) is 2.55. The molecule has 0 bridgehead atoms. The van der Waals surface area contributed by atoms with Crippen molar-refractivity contribution in [3.05, 3.63) is 35.5 Å². The molecule has 0 aromatic rings. The lowest BCUT2D eigenvalue weighted by Gasteiger charge is -2.29. The Morgan fingerprint density at radius 3 is 2.00 bits per heavy atom. The number of rotatable bonds is 4. The molecule has 0 unspecified atom stereocenters. The molecule has 14 heavy (non-hydrogen) atoms. The van der Waals surface area contributed by atoms with Crippen LogP contribution in [0.3, 0.4) is 0 Å². The van der Waals surface area contributed by atoms with Crippen molar-refractivity contribution < 1.29 is 0 Å². The topological polar surface area (TPSA) is 0 Å². The first-order valence-electron chi connectivity index (χ1n) is 5.70. The number of hydrogen-bond donors (Lipinski definition) is 0. The first-order valence-corrected chi connectivity index (χ1v) is 5.70. The fourth-order valence-corrected chi connectivity index (χ4v) is 2.59. The lowest BCUT2D eigenvalue weighted by Crippen LogP contribution is -2.17. The van der Waals surface area contributed by atoms with E-state index >= 15 is 0 Å². The Kier molecular flexibility index (Phi) is 3.74. The van der Waals surface area contributed by atoms with Crippen LogP contribution < -0.4 is 0 Å². The van der Waals surface area contributed by atoms with E-state index in [1.165, 1.54) is 18.4 Å². The molecular weight excluding hydrogens is 168 g/mol. The largest absolute Gasteiger partial charge is 0.0761 e. The van der Waals surface area contributed by atoms with E-state index in [-0.39, 0.29) is 5.41 Å². The molecule has 0 amide bonds. The molecule has 0 heteroatoms. The van der Waals surface area contributed by atoms with Gasteiger partial charge in [0.05, 0.1) is 0 Å². The predicted octanol–water partition coefficient (Wildman–Crippen LogP) is 4.65. The highest BCUT2D eigenvalue weighted by molar-refractivity contribution is 5.38. The van der Waals surface area contributed by atoms with Crippen LogP contribution in [0.15, 0.2) is 35.5 Å². The fraction of sp³-hybridized carbons (Fsp3) is 0.571. The minimum atomic E-state index is 0.252. The Labute approximate surface area is 88.4 Å². The number of allylic oxidation sites excluding steroid dienone is 6. The highest BCUT2D eigenvalue weighted by Gasteiger charge is 2.28. The zero-order valence-corrected chi connectivity index (χ0v) is 9.93. The quantitative estimate of drug-likeness (QED) is 0.566. The number of hydrogen-bond acceptors (Lipinski definition) is 0. The SMILES string of the molecule is CCCC1(C(CC)=C(C)C)C=CC=C1. The summed E-state index contributed by atoms with van der Waals surface area (Å²) in [4.78, 5) is 0. The van der Waals surface area contributed by atoms with Gasteiger partial charge in [-0.3, -0.25) is 0 Å².